The molecule has 3 fully saturated rings. The molecule has 12 rings (SSSR count). The number of aromatic nitrogens is 9. The predicted molar refractivity (Wildman–Crippen MR) is 545 cm³/mol. The zero-order valence-corrected chi connectivity index (χ0v) is 90.5. The molecule has 33 nitrogen and oxygen atoms in total. The fraction of sp³-hybridized carbons (Fsp3) is 0.500. The van der Waals surface area contributed by atoms with Gasteiger partial charge in [-0.1, -0.05) is 115 Å². The molecule has 3 aliphatic heterocycles. The van der Waals surface area contributed by atoms with Crippen LogP contribution in [-0.4, -0.2) is 174 Å². The summed E-state index contributed by atoms with van der Waals surface area (Å²) in [4.78, 5) is 120. The second-order valence-electron chi connectivity index (χ2n) is 44.2. The van der Waals surface area contributed by atoms with Crippen LogP contribution >= 0.6 is 34.8 Å². The average molecular weight is 2110 g/mol. The molecule has 6 atom stereocenters. The van der Waals surface area contributed by atoms with Crippen molar-refractivity contribution in [1.29, 1.82) is 0 Å². The monoisotopic (exact) mass is 2110 g/mol. The maximum absolute atomic E-state index is 14.7. The van der Waals surface area contributed by atoms with Crippen molar-refractivity contribution < 1.29 is 81.4 Å². The van der Waals surface area contributed by atoms with E-state index in [9.17, 15) is 67.2 Å². The number of sulfonamides is 3. The molecular weight excluding hydrogens is 1980 g/mol. The summed E-state index contributed by atoms with van der Waals surface area (Å²) in [6, 6.07) is 30.3. The van der Waals surface area contributed by atoms with Crippen molar-refractivity contribution in [1.82, 2.24) is 73.7 Å². The highest BCUT2D eigenvalue weighted by atomic mass is 35.5. The summed E-state index contributed by atoms with van der Waals surface area (Å²) < 4.78 is 146. The summed E-state index contributed by atoms with van der Waals surface area (Å²) in [5.74, 6) is -5.53. The van der Waals surface area contributed by atoms with Gasteiger partial charge in [-0.25, -0.2) is 58.5 Å². The minimum absolute atomic E-state index is 0.173. The second kappa shape index (κ2) is 45.2. The van der Waals surface area contributed by atoms with Gasteiger partial charge >= 0.3 is 18.3 Å². The van der Waals surface area contributed by atoms with E-state index in [1.807, 2.05) is 180 Å². The molecule has 12 heterocycles. The van der Waals surface area contributed by atoms with Crippen LogP contribution in [-0.2, 0) is 60.5 Å². The van der Waals surface area contributed by atoms with Crippen LogP contribution in [0.4, 0.5) is 45.0 Å². The van der Waals surface area contributed by atoms with Crippen LogP contribution in [0.5, 0.6) is 0 Å². The van der Waals surface area contributed by atoms with Crippen molar-refractivity contribution in [3.05, 3.63) is 230 Å². The highest BCUT2D eigenvalue weighted by Crippen LogP contribution is 2.43. The topological polar surface area (TPSA) is 430 Å². The number of nitrogens with one attached hydrogen (secondary N) is 6. The van der Waals surface area contributed by atoms with Crippen LogP contribution in [0.2, 0.25) is 15.1 Å². The fourth-order valence-corrected chi connectivity index (χ4v) is 19.9. The number of hydrogen-bond donors (Lipinski definition) is 6. The van der Waals surface area contributed by atoms with Crippen molar-refractivity contribution in [2.75, 3.05) is 35.6 Å². The van der Waals surface area contributed by atoms with Crippen LogP contribution in [0, 0.1) is 35.6 Å². The molecule has 9 aromatic rings. The molecule has 6 N–H and O–H groups in total. The maximum Gasteiger partial charge on any atom is 0.410 e. The summed E-state index contributed by atoms with van der Waals surface area (Å²) in [7, 11) is -13.5. The minimum atomic E-state index is -4.48. The Balaban J connectivity index is 0.000000222. The van der Waals surface area contributed by atoms with Crippen molar-refractivity contribution >= 4 is 118 Å². The van der Waals surface area contributed by atoms with Gasteiger partial charge in [0, 0.05) is 88.2 Å². The highest BCUT2D eigenvalue weighted by Gasteiger charge is 2.47. The molecule has 780 valence electrons. The molecule has 3 aliphatic rings. The van der Waals surface area contributed by atoms with Gasteiger partial charge in [-0.2, -0.15) is 38.4 Å². The lowest BCUT2D eigenvalue weighted by Crippen LogP contribution is -2.45. The first kappa shape index (κ1) is 114. The van der Waals surface area contributed by atoms with Gasteiger partial charge in [-0.15, -0.1) is 0 Å². The summed E-state index contributed by atoms with van der Waals surface area (Å²) in [5.41, 5.74) is -2.68. The molecule has 0 spiro atoms. The van der Waals surface area contributed by atoms with E-state index in [1.165, 1.54) is 91.4 Å². The van der Waals surface area contributed by atoms with E-state index < -0.39 is 165 Å². The third-order valence-electron chi connectivity index (χ3n) is 23.9. The largest absolute Gasteiger partial charge is 0.444 e. The van der Waals surface area contributed by atoms with Crippen LogP contribution < -0.4 is 30.1 Å². The Bertz CT molecular complexity index is 5880. The van der Waals surface area contributed by atoms with Crippen molar-refractivity contribution in [3.8, 4) is 0 Å². The van der Waals surface area contributed by atoms with E-state index in [0.717, 1.165) is 19.3 Å². The molecule has 6 amide bonds. The predicted octanol–water partition coefficient (Wildman–Crippen LogP) is 21.1. The Morgan fingerprint density at radius 2 is 0.597 bits per heavy atom. The third-order valence-corrected chi connectivity index (χ3v) is 28.2. The molecule has 0 radical (unpaired) electrons. The number of halogens is 6. The Labute approximate surface area is 857 Å². The Morgan fingerprint density at radius 3 is 0.799 bits per heavy atom. The number of carbonyl (C=O) groups excluding carboxylic acids is 6. The van der Waals surface area contributed by atoms with Crippen molar-refractivity contribution in [3.63, 3.8) is 0 Å². The maximum atomic E-state index is 14.7. The van der Waals surface area contributed by atoms with E-state index in [0.29, 0.717) is 107 Å². The van der Waals surface area contributed by atoms with Crippen LogP contribution in [0.15, 0.2) is 161 Å². The van der Waals surface area contributed by atoms with Gasteiger partial charge < -0.3 is 44.9 Å². The molecule has 144 heavy (non-hydrogen) atoms. The zero-order chi connectivity index (χ0) is 107. The molecule has 0 aliphatic carbocycles. The number of likely N-dealkylation sites (tertiary alicyclic amines) is 3. The number of anilines is 3. The molecule has 0 saturated carbocycles. The van der Waals surface area contributed by atoms with Gasteiger partial charge in [-0.05, 0) is 289 Å². The third kappa shape index (κ3) is 32.0. The summed E-state index contributed by atoms with van der Waals surface area (Å²) in [6.45, 7) is 46.9. The number of amides is 6. The molecule has 9 aromatic heterocycles. The zero-order valence-electron chi connectivity index (χ0n) is 85.8. The first-order chi connectivity index (χ1) is 66.4. The van der Waals surface area contributed by atoms with Crippen molar-refractivity contribution in [2.24, 2.45) is 17.8 Å². The number of nitrogens with zero attached hydrogens (tertiary/aromatic N) is 12. The van der Waals surface area contributed by atoms with E-state index in [-0.39, 0.29) is 53.5 Å². The number of pyridine rings is 9. The molecule has 3 unspecified atom stereocenters. The van der Waals surface area contributed by atoms with Crippen LogP contribution in [0.1, 0.15) is 307 Å². The minimum Gasteiger partial charge on any atom is -0.444 e. The van der Waals surface area contributed by atoms with Gasteiger partial charge in [0.2, 0.25) is 17.8 Å². The highest BCUT2D eigenvalue weighted by molar-refractivity contribution is 7.90. The Morgan fingerprint density at radius 1 is 0.361 bits per heavy atom. The summed E-state index contributed by atoms with van der Waals surface area (Å²) in [6.07, 6.45) is 9.72. The molecule has 3 saturated heterocycles. The van der Waals surface area contributed by atoms with E-state index >= 15 is 0 Å². The van der Waals surface area contributed by atoms with Gasteiger partial charge in [-0.3, -0.25) is 29.3 Å². The quantitative estimate of drug-likeness (QED) is 0.0206. The normalized spacial score (nSPS) is 17.1. The number of carbonyl (C=O) groups is 6. The smallest absolute Gasteiger partial charge is 0.410 e. The van der Waals surface area contributed by atoms with Crippen LogP contribution in [0.3, 0.4) is 0 Å². The average Bonchev–Trinajstić information content (AvgIpc) is 1.66. The standard InChI is InChI=1S/3C34H44ClFN6O5S/c3*1-32(2,3)26-17-14-23(29(36)39-26)30(43)41-48(45,46)28-11-9-10-27(40-28)38-25(24-16-13-22(35)19-37-24)15-12-21-18-34(7,8)42(20-21)31(44)47-33(4,5)6/h3*9-11,13-14,16-17,19,21,25H,12,15,18,20H2,1-8H3,(H,38,40)(H,41,43)/t3*21-,25?/m000/s1. The van der Waals surface area contributed by atoms with Crippen LogP contribution in [0.25, 0.3) is 0 Å². The number of ether oxygens (including phenoxy) is 3. The first-order valence-electron chi connectivity index (χ1n) is 47.2. The second-order valence-corrected chi connectivity index (χ2v) is 50.4. The fourth-order valence-electron chi connectivity index (χ4n) is 16.7. The van der Waals surface area contributed by atoms with E-state index in [1.54, 1.807) is 69.3 Å². The SMILES string of the molecule is CC(C)(C)OC(=O)N1C[C@@H](CCC(Nc2cccc(S(=O)(=O)NC(=O)c3ccc(C(C)(C)C)nc3F)n2)c2ccc(Cl)cn2)CC1(C)C.CC(C)(C)OC(=O)N1C[C@@H](CCC(Nc2cccc(S(=O)(=O)NC(=O)c3ccc(C(C)(C)C)nc3F)n2)c2ccc(Cl)cn2)CC1(C)C.CC(C)(C)OC(=O)N1C[C@@H](CCC(Nc2cccc(S(=O)(=O)NC(=O)c3ccc(C(C)(C)C)nc3F)n2)c2ccc(Cl)cn2)CC1(C)C. The molecule has 0 aromatic carbocycles. The Kier molecular flexibility index (Phi) is 35.9. The number of rotatable bonds is 27. The summed E-state index contributed by atoms with van der Waals surface area (Å²) in [5, 5.41) is 9.93. The Hall–Kier alpha value is -11.5. The lowest BCUT2D eigenvalue weighted by molar-refractivity contribution is 0.0118. The van der Waals surface area contributed by atoms with E-state index in [2.05, 4.69) is 60.8 Å². The summed E-state index contributed by atoms with van der Waals surface area (Å²) >= 11 is 18.3. The van der Waals surface area contributed by atoms with E-state index in [4.69, 9.17) is 49.0 Å². The van der Waals surface area contributed by atoms with Gasteiger partial charge in [0.25, 0.3) is 47.8 Å². The molecule has 0 bridgehead atoms. The van der Waals surface area contributed by atoms with Gasteiger partial charge in [0.15, 0.2) is 15.1 Å². The molecular formula is C102H132Cl3F3N18O15S3. The van der Waals surface area contributed by atoms with Crippen molar-refractivity contribution in [2.45, 2.75) is 307 Å². The first-order valence-corrected chi connectivity index (χ1v) is 52.8. The van der Waals surface area contributed by atoms with Gasteiger partial charge in [0.05, 0.1) is 67.0 Å². The number of hydrogen-bond acceptors (Lipinski definition) is 27. The molecule has 42 heteroatoms. The lowest BCUT2D eigenvalue weighted by Gasteiger charge is -2.33. The lowest BCUT2D eigenvalue weighted by atomic mass is 9.91. The van der Waals surface area contributed by atoms with Gasteiger partial charge in [0.1, 0.15) is 34.3 Å².